The van der Waals surface area contributed by atoms with Crippen LogP contribution in [0.25, 0.3) is 0 Å². The normalized spacial score (nSPS) is 19.1. The van der Waals surface area contributed by atoms with Crippen LogP contribution in [-0.4, -0.2) is 0 Å². The summed E-state index contributed by atoms with van der Waals surface area (Å²) in [6.07, 6.45) is 7.91. The van der Waals surface area contributed by atoms with Crippen LogP contribution in [0.5, 0.6) is 0 Å². The zero-order valence-electron chi connectivity index (χ0n) is 7.94. The quantitative estimate of drug-likeness (QED) is 0.535. The number of rotatable bonds is 1. The fourth-order valence-electron chi connectivity index (χ4n) is 1.18. The van der Waals surface area contributed by atoms with Crippen LogP contribution in [0, 0.1) is 11.3 Å². The molecule has 0 N–H and O–H groups in total. The molecule has 0 heterocycles. The second-order valence-corrected chi connectivity index (χ2v) is 4.11. The third-order valence-electron chi connectivity index (χ3n) is 2.09. The van der Waals surface area contributed by atoms with E-state index in [0.29, 0.717) is 5.41 Å². The minimum atomic E-state index is 0.313. The molecule has 0 saturated carbocycles. The topological polar surface area (TPSA) is 0 Å². The summed E-state index contributed by atoms with van der Waals surface area (Å²) in [7, 11) is 0. The van der Waals surface area contributed by atoms with E-state index >= 15 is 0 Å². The van der Waals surface area contributed by atoms with Gasteiger partial charge in [0.1, 0.15) is 0 Å². The summed E-state index contributed by atoms with van der Waals surface area (Å²) in [6.45, 7) is 8.95. The summed E-state index contributed by atoms with van der Waals surface area (Å²) in [5.41, 5.74) is 1.77. The lowest BCUT2D eigenvalue weighted by Crippen LogP contribution is -2.06. The fraction of sp³-hybridized carbons (Fsp3) is 0.545. The fourth-order valence-corrected chi connectivity index (χ4v) is 1.18. The highest BCUT2D eigenvalue weighted by Crippen LogP contribution is 2.33. The van der Waals surface area contributed by atoms with Gasteiger partial charge in [-0.05, 0) is 17.4 Å². The molecular weight excluding hydrogens is 132 g/mol. The average Bonchev–Trinajstić information content (AvgIpc) is 2.32. The van der Waals surface area contributed by atoms with Crippen molar-refractivity contribution in [1.29, 1.82) is 0 Å². The lowest BCUT2D eigenvalue weighted by atomic mass is 9.87. The molecule has 1 aliphatic rings. The molecular formula is C11H17. The molecule has 0 aromatic carbocycles. The van der Waals surface area contributed by atoms with Crippen molar-refractivity contribution in [2.75, 3.05) is 0 Å². The second kappa shape index (κ2) is 2.84. The van der Waals surface area contributed by atoms with Gasteiger partial charge < -0.3 is 0 Å². The van der Waals surface area contributed by atoms with Gasteiger partial charge in [0.15, 0.2) is 0 Å². The maximum absolute atomic E-state index is 2.31. The summed E-state index contributed by atoms with van der Waals surface area (Å²) in [6, 6.07) is 0. The highest BCUT2D eigenvalue weighted by atomic mass is 14.2. The Labute approximate surface area is 70.0 Å². The Morgan fingerprint density at radius 3 is 2.09 bits per heavy atom. The van der Waals surface area contributed by atoms with E-state index in [2.05, 4.69) is 45.9 Å². The molecule has 0 aliphatic heterocycles. The number of hydrogen-bond acceptors (Lipinski definition) is 0. The van der Waals surface area contributed by atoms with E-state index in [1.54, 1.807) is 0 Å². The van der Waals surface area contributed by atoms with E-state index < -0.39 is 0 Å². The van der Waals surface area contributed by atoms with Crippen molar-refractivity contribution >= 4 is 0 Å². The highest BCUT2D eigenvalue weighted by molar-refractivity contribution is 5.43. The molecule has 0 amide bonds. The van der Waals surface area contributed by atoms with Crippen molar-refractivity contribution in [3.8, 4) is 0 Å². The molecule has 1 rings (SSSR count). The van der Waals surface area contributed by atoms with Crippen molar-refractivity contribution in [2.24, 2.45) is 5.41 Å². The average molecular weight is 149 g/mol. The van der Waals surface area contributed by atoms with E-state index in [4.69, 9.17) is 0 Å². The molecule has 0 bridgehead atoms. The third kappa shape index (κ3) is 1.95. The predicted molar refractivity (Wildman–Crippen MR) is 50.2 cm³/mol. The Balaban J connectivity index is 2.72. The molecule has 0 saturated heterocycles. The summed E-state index contributed by atoms with van der Waals surface area (Å²) in [5.74, 6) is 1.45. The Hall–Kier alpha value is -0.520. The molecule has 0 aromatic rings. The molecule has 1 radical (unpaired) electrons. The molecule has 0 nitrogen and oxygen atoms in total. The van der Waals surface area contributed by atoms with Gasteiger partial charge in [0, 0.05) is 5.92 Å². The maximum atomic E-state index is 2.31. The van der Waals surface area contributed by atoms with Crippen LogP contribution in [0.3, 0.4) is 0 Å². The molecule has 0 heteroatoms. The van der Waals surface area contributed by atoms with E-state index in [9.17, 15) is 0 Å². The largest absolute Gasteiger partial charge is 0.0731 e. The smallest absolute Gasteiger partial charge is 0.0193 e. The van der Waals surface area contributed by atoms with Gasteiger partial charge in [-0.25, -0.2) is 0 Å². The second-order valence-electron chi connectivity index (χ2n) is 4.11. The molecule has 61 valence electrons. The number of allylic oxidation sites excluding steroid dienone is 4. The summed E-state index contributed by atoms with van der Waals surface area (Å²) in [5, 5.41) is 0. The lowest BCUT2D eigenvalue weighted by Gasteiger charge is -2.18. The van der Waals surface area contributed by atoms with Crippen LogP contribution < -0.4 is 0 Å². The minimum absolute atomic E-state index is 0.313. The molecule has 0 spiro atoms. The number of hydrogen-bond donors (Lipinski definition) is 0. The SMILES string of the molecule is CC[C]1C=CC(C(C)(C)C)=C1. The minimum Gasteiger partial charge on any atom is -0.0731 e. The van der Waals surface area contributed by atoms with E-state index in [0.717, 1.165) is 6.42 Å². The third-order valence-corrected chi connectivity index (χ3v) is 2.09. The summed E-state index contributed by atoms with van der Waals surface area (Å²) >= 11 is 0. The Kier molecular flexibility index (Phi) is 2.22. The van der Waals surface area contributed by atoms with Crippen LogP contribution in [0.15, 0.2) is 23.8 Å². The van der Waals surface area contributed by atoms with Gasteiger partial charge in [0.25, 0.3) is 0 Å². The van der Waals surface area contributed by atoms with Gasteiger partial charge >= 0.3 is 0 Å². The molecule has 0 fully saturated rings. The van der Waals surface area contributed by atoms with Crippen molar-refractivity contribution < 1.29 is 0 Å². The van der Waals surface area contributed by atoms with Gasteiger partial charge in [0.2, 0.25) is 0 Å². The van der Waals surface area contributed by atoms with E-state index in [-0.39, 0.29) is 0 Å². The summed E-state index contributed by atoms with van der Waals surface area (Å²) < 4.78 is 0. The first-order valence-corrected chi connectivity index (χ1v) is 4.30. The molecule has 0 aromatic heterocycles. The standard InChI is InChI=1S/C11H17/c1-5-9-6-7-10(8-9)11(2,3)4/h6-8H,5H2,1-4H3. The van der Waals surface area contributed by atoms with Crippen LogP contribution >= 0.6 is 0 Å². The molecule has 11 heavy (non-hydrogen) atoms. The first-order valence-electron chi connectivity index (χ1n) is 4.30. The Morgan fingerprint density at radius 1 is 1.18 bits per heavy atom. The van der Waals surface area contributed by atoms with Crippen LogP contribution in [-0.2, 0) is 0 Å². The highest BCUT2D eigenvalue weighted by Gasteiger charge is 2.19. The van der Waals surface area contributed by atoms with Crippen molar-refractivity contribution in [3.63, 3.8) is 0 Å². The zero-order valence-corrected chi connectivity index (χ0v) is 7.94. The van der Waals surface area contributed by atoms with Gasteiger partial charge in [-0.2, -0.15) is 0 Å². The molecule has 0 atom stereocenters. The first-order chi connectivity index (χ1) is 5.04. The Morgan fingerprint density at radius 2 is 1.82 bits per heavy atom. The molecule has 0 unspecified atom stereocenters. The van der Waals surface area contributed by atoms with Crippen molar-refractivity contribution in [2.45, 2.75) is 34.1 Å². The monoisotopic (exact) mass is 149 g/mol. The first kappa shape index (κ1) is 8.58. The Bertz CT molecular complexity index is 189. The van der Waals surface area contributed by atoms with E-state index in [1.807, 2.05) is 0 Å². The van der Waals surface area contributed by atoms with Gasteiger partial charge in [-0.15, -0.1) is 0 Å². The van der Waals surface area contributed by atoms with Crippen molar-refractivity contribution in [3.05, 3.63) is 29.7 Å². The van der Waals surface area contributed by atoms with Gasteiger partial charge in [0.05, 0.1) is 0 Å². The van der Waals surface area contributed by atoms with Crippen LogP contribution in [0.1, 0.15) is 34.1 Å². The lowest BCUT2D eigenvalue weighted by molar-refractivity contribution is 0.518. The van der Waals surface area contributed by atoms with Gasteiger partial charge in [-0.3, -0.25) is 0 Å². The maximum Gasteiger partial charge on any atom is 0.0193 e. The van der Waals surface area contributed by atoms with Crippen LogP contribution in [0.2, 0.25) is 0 Å². The zero-order chi connectivity index (χ0) is 8.48. The van der Waals surface area contributed by atoms with Crippen LogP contribution in [0.4, 0.5) is 0 Å². The summed E-state index contributed by atoms with van der Waals surface area (Å²) in [4.78, 5) is 0. The molecule has 1 aliphatic carbocycles. The predicted octanol–water partition coefficient (Wildman–Crippen LogP) is 3.51. The van der Waals surface area contributed by atoms with Crippen molar-refractivity contribution in [1.82, 2.24) is 0 Å². The van der Waals surface area contributed by atoms with Gasteiger partial charge in [-0.1, -0.05) is 45.9 Å². The van der Waals surface area contributed by atoms with E-state index in [1.165, 1.54) is 11.5 Å².